The van der Waals surface area contributed by atoms with E-state index < -0.39 is 0 Å². The number of carbonyl (C=O) groups is 2. The molecule has 0 spiro atoms. The maximum absolute atomic E-state index is 12.6. The summed E-state index contributed by atoms with van der Waals surface area (Å²) in [6.07, 6.45) is 1.78. The third-order valence-corrected chi connectivity index (χ3v) is 4.47. The zero-order valence-corrected chi connectivity index (χ0v) is 13.6. The Bertz CT molecular complexity index is 826. The lowest BCUT2D eigenvalue weighted by atomic mass is 10.1. The number of nitrogens with two attached hydrogens (primary N) is 1. The molecule has 6 heteroatoms. The van der Waals surface area contributed by atoms with Crippen LogP contribution in [0.2, 0.25) is 0 Å². The zero-order chi connectivity index (χ0) is 17.4. The lowest BCUT2D eigenvalue weighted by Crippen LogP contribution is -2.36. The molecule has 1 fully saturated rings. The van der Waals surface area contributed by atoms with E-state index in [4.69, 9.17) is 15.2 Å². The van der Waals surface area contributed by atoms with E-state index >= 15 is 0 Å². The van der Waals surface area contributed by atoms with E-state index in [1.54, 1.807) is 42.5 Å². The molecule has 0 bridgehead atoms. The van der Waals surface area contributed by atoms with Gasteiger partial charge in [0.1, 0.15) is 11.5 Å². The molecule has 2 N–H and O–H groups in total. The Balaban J connectivity index is 1.55. The molecular weight excluding hydrogens is 320 g/mol. The topological polar surface area (TPSA) is 81.9 Å². The highest BCUT2D eigenvalue weighted by molar-refractivity contribution is 6.21. The summed E-state index contributed by atoms with van der Waals surface area (Å²) in [5.41, 5.74) is 7.08. The van der Waals surface area contributed by atoms with E-state index in [0.717, 1.165) is 12.8 Å². The van der Waals surface area contributed by atoms with Crippen LogP contribution >= 0.6 is 0 Å². The molecule has 0 aromatic heterocycles. The second-order valence-corrected chi connectivity index (χ2v) is 6.23. The van der Waals surface area contributed by atoms with Crippen LogP contribution in [0.3, 0.4) is 0 Å². The van der Waals surface area contributed by atoms with Crippen LogP contribution in [0, 0.1) is 0 Å². The minimum Gasteiger partial charge on any atom is -0.457 e. The summed E-state index contributed by atoms with van der Waals surface area (Å²) >= 11 is 0. The maximum atomic E-state index is 12.6. The van der Waals surface area contributed by atoms with Gasteiger partial charge in [-0.2, -0.15) is 0 Å². The SMILES string of the molecule is Nc1ccc(Oc2ccc3c(c2)C(=O)N(C[C@@H]2CCCO2)C3=O)cc1. The quantitative estimate of drug-likeness (QED) is 0.685. The van der Waals surface area contributed by atoms with Gasteiger partial charge >= 0.3 is 0 Å². The number of nitrogens with zero attached hydrogens (tertiary/aromatic N) is 1. The van der Waals surface area contributed by atoms with Gasteiger partial charge in [0.2, 0.25) is 0 Å². The van der Waals surface area contributed by atoms with Crippen molar-refractivity contribution in [2.24, 2.45) is 0 Å². The van der Waals surface area contributed by atoms with Crippen molar-refractivity contribution >= 4 is 17.5 Å². The number of hydrogen-bond acceptors (Lipinski definition) is 5. The third kappa shape index (κ3) is 2.96. The van der Waals surface area contributed by atoms with E-state index in [0.29, 0.717) is 41.5 Å². The molecule has 6 nitrogen and oxygen atoms in total. The average Bonchev–Trinajstić information content (AvgIpc) is 3.20. The minimum atomic E-state index is -0.293. The first kappa shape index (κ1) is 15.7. The second-order valence-electron chi connectivity index (χ2n) is 6.23. The van der Waals surface area contributed by atoms with Crippen molar-refractivity contribution in [3.63, 3.8) is 0 Å². The molecule has 2 aromatic carbocycles. The summed E-state index contributed by atoms with van der Waals surface area (Å²) < 4.78 is 11.3. The Hall–Kier alpha value is -2.86. The van der Waals surface area contributed by atoms with Gasteiger partial charge in [-0.1, -0.05) is 0 Å². The molecule has 128 valence electrons. The summed E-state index contributed by atoms with van der Waals surface area (Å²) in [7, 11) is 0. The summed E-state index contributed by atoms with van der Waals surface area (Å²) in [4.78, 5) is 26.4. The van der Waals surface area contributed by atoms with Crippen LogP contribution in [0.1, 0.15) is 33.6 Å². The number of imide groups is 1. The van der Waals surface area contributed by atoms with Crippen LogP contribution in [0.5, 0.6) is 11.5 Å². The first-order valence-electron chi connectivity index (χ1n) is 8.27. The highest BCUT2D eigenvalue weighted by atomic mass is 16.5. The van der Waals surface area contributed by atoms with Crippen molar-refractivity contribution in [1.29, 1.82) is 0 Å². The molecule has 0 unspecified atom stereocenters. The Morgan fingerprint density at radius 3 is 2.48 bits per heavy atom. The van der Waals surface area contributed by atoms with Gasteiger partial charge < -0.3 is 15.2 Å². The monoisotopic (exact) mass is 338 g/mol. The molecule has 0 saturated carbocycles. The van der Waals surface area contributed by atoms with Gasteiger partial charge in [-0.15, -0.1) is 0 Å². The number of rotatable bonds is 4. The van der Waals surface area contributed by atoms with E-state index in [1.165, 1.54) is 4.90 Å². The fraction of sp³-hybridized carbons (Fsp3) is 0.263. The molecule has 2 aliphatic rings. The van der Waals surface area contributed by atoms with E-state index in [1.807, 2.05) is 0 Å². The molecule has 4 rings (SSSR count). The summed E-state index contributed by atoms with van der Waals surface area (Å²) in [6, 6.07) is 11.9. The maximum Gasteiger partial charge on any atom is 0.261 e. The van der Waals surface area contributed by atoms with E-state index in [-0.39, 0.29) is 17.9 Å². The Morgan fingerprint density at radius 1 is 1.04 bits per heavy atom. The number of benzene rings is 2. The number of hydrogen-bond donors (Lipinski definition) is 1. The summed E-state index contributed by atoms with van der Waals surface area (Å²) in [5, 5.41) is 0. The Kier molecular flexibility index (Phi) is 3.89. The lowest BCUT2D eigenvalue weighted by molar-refractivity contribution is 0.0475. The fourth-order valence-corrected chi connectivity index (χ4v) is 3.16. The Labute approximate surface area is 145 Å². The number of amides is 2. The highest BCUT2D eigenvalue weighted by Gasteiger charge is 2.37. The Morgan fingerprint density at radius 2 is 1.76 bits per heavy atom. The molecule has 1 atom stereocenters. The first-order valence-corrected chi connectivity index (χ1v) is 8.27. The van der Waals surface area contributed by atoms with Crippen LogP contribution in [0.25, 0.3) is 0 Å². The summed E-state index contributed by atoms with van der Waals surface area (Å²) in [6.45, 7) is 0.994. The van der Waals surface area contributed by atoms with Gasteiger partial charge in [-0.05, 0) is 55.3 Å². The molecule has 2 heterocycles. The molecule has 0 radical (unpaired) electrons. The number of fused-ring (bicyclic) bond motifs is 1. The number of anilines is 1. The summed E-state index contributed by atoms with van der Waals surface area (Å²) in [5.74, 6) is 0.554. The molecule has 0 aliphatic carbocycles. The number of ether oxygens (including phenoxy) is 2. The molecular formula is C19H18N2O4. The number of nitrogen functional groups attached to an aromatic ring is 1. The van der Waals surface area contributed by atoms with Crippen molar-refractivity contribution in [3.8, 4) is 11.5 Å². The number of carbonyl (C=O) groups excluding carboxylic acids is 2. The first-order chi connectivity index (χ1) is 12.1. The van der Waals surface area contributed by atoms with Crippen LogP contribution in [-0.2, 0) is 4.74 Å². The van der Waals surface area contributed by atoms with Crippen molar-refractivity contribution < 1.29 is 19.1 Å². The standard InChI is InChI=1S/C19H18N2O4/c20-12-3-5-13(6-4-12)25-14-7-8-16-17(10-14)19(23)21(18(16)22)11-15-2-1-9-24-15/h3-8,10,15H,1-2,9,11,20H2/t15-/m0/s1. The van der Waals surface area contributed by atoms with Crippen LogP contribution in [0.4, 0.5) is 5.69 Å². The molecule has 2 aliphatic heterocycles. The zero-order valence-electron chi connectivity index (χ0n) is 13.6. The van der Waals surface area contributed by atoms with Gasteiger partial charge in [-0.3, -0.25) is 14.5 Å². The third-order valence-electron chi connectivity index (χ3n) is 4.47. The fourth-order valence-electron chi connectivity index (χ4n) is 3.16. The van der Waals surface area contributed by atoms with Crippen LogP contribution < -0.4 is 10.5 Å². The molecule has 1 saturated heterocycles. The molecule has 2 amide bonds. The van der Waals surface area contributed by atoms with Gasteiger partial charge in [0.15, 0.2) is 0 Å². The van der Waals surface area contributed by atoms with E-state index in [9.17, 15) is 9.59 Å². The van der Waals surface area contributed by atoms with Crippen molar-refractivity contribution in [1.82, 2.24) is 4.90 Å². The van der Waals surface area contributed by atoms with Gasteiger partial charge in [-0.25, -0.2) is 0 Å². The molecule has 2 aromatic rings. The van der Waals surface area contributed by atoms with Gasteiger partial charge in [0.05, 0.1) is 23.8 Å². The largest absolute Gasteiger partial charge is 0.457 e. The average molecular weight is 338 g/mol. The normalized spacial score (nSPS) is 19.4. The van der Waals surface area contributed by atoms with Gasteiger partial charge in [0.25, 0.3) is 11.8 Å². The minimum absolute atomic E-state index is 0.0623. The predicted octanol–water partition coefficient (Wildman–Crippen LogP) is 2.84. The van der Waals surface area contributed by atoms with Crippen molar-refractivity contribution in [3.05, 3.63) is 53.6 Å². The van der Waals surface area contributed by atoms with Crippen LogP contribution in [-0.4, -0.2) is 36.0 Å². The second kappa shape index (κ2) is 6.22. The van der Waals surface area contributed by atoms with Crippen LogP contribution in [0.15, 0.2) is 42.5 Å². The predicted molar refractivity (Wildman–Crippen MR) is 91.7 cm³/mol. The lowest BCUT2D eigenvalue weighted by Gasteiger charge is -2.17. The highest BCUT2D eigenvalue weighted by Crippen LogP contribution is 2.30. The van der Waals surface area contributed by atoms with Gasteiger partial charge in [0, 0.05) is 12.3 Å². The van der Waals surface area contributed by atoms with E-state index in [2.05, 4.69) is 0 Å². The smallest absolute Gasteiger partial charge is 0.261 e. The molecule has 25 heavy (non-hydrogen) atoms. The van der Waals surface area contributed by atoms with Crippen molar-refractivity contribution in [2.45, 2.75) is 18.9 Å². The van der Waals surface area contributed by atoms with Crippen molar-refractivity contribution in [2.75, 3.05) is 18.9 Å².